The van der Waals surface area contributed by atoms with Crippen molar-refractivity contribution in [2.45, 2.75) is 141 Å². The van der Waals surface area contributed by atoms with Crippen LogP contribution in [0.15, 0.2) is 12.7 Å². The maximum atomic E-state index is 12.8. The Morgan fingerprint density at radius 3 is 2.21 bits per heavy atom. The van der Waals surface area contributed by atoms with E-state index in [1.807, 2.05) is 13.8 Å². The summed E-state index contributed by atoms with van der Waals surface area (Å²) >= 11 is 0. The average Bonchev–Trinajstić information content (AvgIpc) is 3.45. The fourth-order valence-electron chi connectivity index (χ4n) is 5.51. The van der Waals surface area contributed by atoms with Crippen molar-refractivity contribution in [3.8, 4) is 12.3 Å². The first kappa shape index (κ1) is 42.6. The molecule has 2 aliphatic rings. The van der Waals surface area contributed by atoms with Gasteiger partial charge in [0.25, 0.3) is 5.91 Å². The smallest absolute Gasteiger partial charge is 0.315 e. The molecule has 0 bridgehead atoms. The highest BCUT2D eigenvalue weighted by Gasteiger charge is 2.43. The molecule has 1 aliphatic carbocycles. The second-order valence-corrected chi connectivity index (χ2v) is 17.7. The minimum absolute atomic E-state index is 0.00349. The number of likely N-dealkylation sites (tertiary alicyclic amines) is 1. The summed E-state index contributed by atoms with van der Waals surface area (Å²) in [7, 11) is -3.29. The summed E-state index contributed by atoms with van der Waals surface area (Å²) in [5, 5.41) is 10.3. The van der Waals surface area contributed by atoms with E-state index in [0.29, 0.717) is 25.8 Å². The Kier molecular flexibility index (Phi) is 16.8. The fourth-order valence-corrected chi connectivity index (χ4v) is 7.53. The highest BCUT2D eigenvalue weighted by Crippen LogP contribution is 2.31. The second kappa shape index (κ2) is 19.0. The highest BCUT2D eigenvalue weighted by molar-refractivity contribution is 7.93. The number of urea groups is 1. The number of rotatable bonds is 13. The number of ketones is 1. The molecule has 2 rings (SSSR count). The number of nitrogens with zero attached hydrogens (tertiary/aromatic N) is 1. The number of hydrogen-bond acceptors (Lipinski definition) is 7. The molecule has 48 heavy (non-hydrogen) atoms. The van der Waals surface area contributed by atoms with Crippen molar-refractivity contribution in [1.29, 1.82) is 0 Å². The monoisotopic (exact) mass is 693 g/mol. The van der Waals surface area contributed by atoms with Gasteiger partial charge in [-0.25, -0.2) is 13.2 Å². The van der Waals surface area contributed by atoms with Gasteiger partial charge < -0.3 is 26.2 Å². The summed E-state index contributed by atoms with van der Waals surface area (Å²) in [5.41, 5.74) is -0.0409. The third kappa shape index (κ3) is 12.6. The van der Waals surface area contributed by atoms with Gasteiger partial charge in [-0.1, -0.05) is 53.0 Å². The van der Waals surface area contributed by atoms with Crippen LogP contribution in [0.4, 0.5) is 4.79 Å². The summed E-state index contributed by atoms with van der Waals surface area (Å²) in [6, 6.07) is -2.21. The van der Waals surface area contributed by atoms with Crippen LogP contribution in [0.1, 0.15) is 107 Å². The van der Waals surface area contributed by atoms with Crippen LogP contribution in [0, 0.1) is 23.7 Å². The quantitative estimate of drug-likeness (QED) is 0.0993. The van der Waals surface area contributed by atoms with E-state index in [2.05, 4.69) is 54.5 Å². The zero-order valence-corrected chi connectivity index (χ0v) is 31.0. The van der Waals surface area contributed by atoms with Gasteiger partial charge in [-0.05, 0) is 64.7 Å². The summed E-state index contributed by atoms with van der Waals surface area (Å²) in [6.45, 7) is 19.5. The van der Waals surface area contributed by atoms with Crippen LogP contribution in [0.3, 0.4) is 0 Å². The number of hydrogen-bond donors (Lipinski definition) is 4. The van der Waals surface area contributed by atoms with Gasteiger partial charge in [0.2, 0.25) is 18.1 Å². The van der Waals surface area contributed by atoms with Crippen molar-refractivity contribution in [2.75, 3.05) is 13.1 Å². The van der Waals surface area contributed by atoms with Crippen LogP contribution < -0.4 is 21.3 Å². The highest BCUT2D eigenvalue weighted by atomic mass is 32.2. The van der Waals surface area contributed by atoms with Crippen molar-refractivity contribution >= 4 is 39.9 Å². The molecule has 1 saturated heterocycles. The van der Waals surface area contributed by atoms with E-state index in [0.717, 1.165) is 25.7 Å². The van der Waals surface area contributed by atoms with E-state index in [-0.39, 0.29) is 48.8 Å². The number of carbonyl (C=O) groups is 5. The minimum Gasteiger partial charge on any atom is -0.346 e. The minimum atomic E-state index is -3.29. The Morgan fingerprint density at radius 1 is 1.06 bits per heavy atom. The molecule has 0 aromatic rings. The molecule has 12 nitrogen and oxygen atoms in total. The van der Waals surface area contributed by atoms with Gasteiger partial charge in [0.05, 0.1) is 16.0 Å². The van der Waals surface area contributed by atoms with Crippen LogP contribution in [-0.4, -0.2) is 90.6 Å². The van der Waals surface area contributed by atoms with E-state index in [1.54, 1.807) is 20.8 Å². The Morgan fingerprint density at radius 2 is 1.69 bits per heavy atom. The van der Waals surface area contributed by atoms with E-state index >= 15 is 0 Å². The van der Waals surface area contributed by atoms with E-state index in [9.17, 15) is 32.4 Å². The van der Waals surface area contributed by atoms with Crippen molar-refractivity contribution in [2.24, 2.45) is 11.3 Å². The Labute approximate surface area is 288 Å². The largest absolute Gasteiger partial charge is 0.346 e. The third-order valence-electron chi connectivity index (χ3n) is 9.20. The molecule has 0 spiro atoms. The molecule has 6 atom stereocenters. The normalized spacial score (nSPS) is 22.4. The van der Waals surface area contributed by atoms with Crippen LogP contribution in [0.25, 0.3) is 0 Å². The molecular formula is C35H59N5O7S. The van der Waals surface area contributed by atoms with Crippen molar-refractivity contribution in [3.63, 3.8) is 0 Å². The lowest BCUT2D eigenvalue weighted by molar-refractivity contribution is -0.140. The molecule has 272 valence electrons. The van der Waals surface area contributed by atoms with Gasteiger partial charge in [0.1, 0.15) is 6.04 Å². The zero-order valence-electron chi connectivity index (χ0n) is 30.2. The number of nitrogens with one attached hydrogen (secondary N) is 4. The van der Waals surface area contributed by atoms with E-state index < -0.39 is 49.5 Å². The first-order valence-electron chi connectivity index (χ1n) is 16.9. The van der Waals surface area contributed by atoms with Crippen molar-refractivity contribution in [1.82, 2.24) is 26.2 Å². The molecule has 4 N–H and O–H groups in total. The summed E-state index contributed by atoms with van der Waals surface area (Å²) in [6.07, 6.45) is 12.3. The predicted molar refractivity (Wildman–Crippen MR) is 188 cm³/mol. The van der Waals surface area contributed by atoms with Crippen molar-refractivity contribution in [3.05, 3.63) is 12.7 Å². The Balaban J connectivity index is 0.000000482. The lowest BCUT2D eigenvalue weighted by atomic mass is 9.88. The molecule has 2 fully saturated rings. The van der Waals surface area contributed by atoms with E-state index in [4.69, 9.17) is 6.42 Å². The number of sulfone groups is 1. The summed E-state index contributed by atoms with van der Waals surface area (Å²) in [4.78, 5) is 61.5. The number of amides is 5. The fraction of sp³-hybridized carbons (Fsp3) is 0.743. The lowest BCUT2D eigenvalue weighted by Crippen LogP contribution is -2.56. The van der Waals surface area contributed by atoms with Gasteiger partial charge in [-0.15, -0.1) is 18.9 Å². The molecule has 13 heteroatoms. The molecule has 5 amide bonds. The molecule has 0 radical (unpaired) electrons. The van der Waals surface area contributed by atoms with Crippen LogP contribution >= 0.6 is 0 Å². The Hall–Kier alpha value is -3.40. The van der Waals surface area contributed by atoms with Gasteiger partial charge in [-0.3, -0.25) is 19.2 Å². The topological polar surface area (TPSA) is 171 Å². The standard InChI is InChI=1S/C18H25N3O4.C17H34N2O3S/c1-4-7-8-14(16(23)18(25)19-9-5-2)20-17(24)15-10-13(6-3)11-21(15)12-22;1-12(16(2,3)4)18-15(20)19-13-10-8-9-11-14(13)23(21,22)17(5,6)7/h1,5,12-15H,2,6-11H2,3H3,(H,19,25)(H,20,24);12-14H,8-11H2,1-7H3,(H2,18,19,20)/t13-,14?,15?;/m1./s1. The van der Waals surface area contributed by atoms with E-state index in [1.165, 1.54) is 11.0 Å². The van der Waals surface area contributed by atoms with Crippen LogP contribution in [0.5, 0.6) is 0 Å². The molecule has 1 aliphatic heterocycles. The van der Waals surface area contributed by atoms with Crippen LogP contribution in [-0.2, 0) is 29.0 Å². The lowest BCUT2D eigenvalue weighted by Gasteiger charge is -2.36. The predicted octanol–water partition coefficient (Wildman–Crippen LogP) is 3.26. The second-order valence-electron chi connectivity index (χ2n) is 14.8. The first-order valence-corrected chi connectivity index (χ1v) is 18.5. The third-order valence-corrected chi connectivity index (χ3v) is 12.3. The average molecular weight is 694 g/mol. The summed E-state index contributed by atoms with van der Waals surface area (Å²) < 4.78 is 24.8. The van der Waals surface area contributed by atoms with Gasteiger partial charge in [0.15, 0.2) is 9.84 Å². The van der Waals surface area contributed by atoms with Crippen LogP contribution in [0.2, 0.25) is 0 Å². The Bertz CT molecular complexity index is 1280. The number of carbonyl (C=O) groups excluding carboxylic acids is 5. The molecule has 0 aromatic heterocycles. The molecule has 1 saturated carbocycles. The van der Waals surface area contributed by atoms with Gasteiger partial charge in [-0.2, -0.15) is 0 Å². The maximum absolute atomic E-state index is 12.8. The van der Waals surface area contributed by atoms with Gasteiger partial charge >= 0.3 is 6.03 Å². The first-order chi connectivity index (χ1) is 22.2. The molecule has 5 unspecified atom stereocenters. The molecular weight excluding hydrogens is 634 g/mol. The molecule has 0 aromatic carbocycles. The molecule has 1 heterocycles. The SMILES string of the molecule is C#CCCC(NC(=O)C1C[C@@H](CC)CN1C=O)C(=O)C(=O)NCC=C.CC(NC(=O)NC1CCCCC1S(=O)(=O)C(C)(C)C)C(C)(C)C. The van der Waals surface area contributed by atoms with Gasteiger partial charge in [0, 0.05) is 31.6 Å². The maximum Gasteiger partial charge on any atom is 0.315 e. The number of Topliss-reactive ketones (excluding diaryl/α,β-unsaturated/α-hetero) is 1. The number of terminal acetylenes is 1. The summed E-state index contributed by atoms with van der Waals surface area (Å²) in [5.74, 6) is 0.653. The van der Waals surface area contributed by atoms with Crippen molar-refractivity contribution < 1.29 is 32.4 Å². The zero-order chi connectivity index (χ0) is 36.9.